The lowest BCUT2D eigenvalue weighted by molar-refractivity contribution is 0.669. The first-order valence-corrected chi connectivity index (χ1v) is 15.2. The molecule has 210 valence electrons. The van der Waals surface area contributed by atoms with Gasteiger partial charge in [-0.2, -0.15) is 0 Å². The van der Waals surface area contributed by atoms with Crippen molar-refractivity contribution in [3.8, 4) is 0 Å². The number of hydrogen-bond donors (Lipinski definition) is 0. The Labute approximate surface area is 258 Å². The van der Waals surface area contributed by atoms with Crippen LogP contribution in [0.3, 0.4) is 0 Å². The van der Waals surface area contributed by atoms with E-state index in [2.05, 4.69) is 132 Å². The van der Waals surface area contributed by atoms with E-state index < -0.39 is 0 Å². The highest BCUT2D eigenvalue weighted by molar-refractivity contribution is 6.17. The maximum Gasteiger partial charge on any atom is 0.137 e. The van der Waals surface area contributed by atoms with Gasteiger partial charge in [0.2, 0.25) is 0 Å². The predicted molar refractivity (Wildman–Crippen MR) is 188 cm³/mol. The van der Waals surface area contributed by atoms with Crippen molar-refractivity contribution >= 4 is 93.3 Å². The highest BCUT2D eigenvalue weighted by atomic mass is 16.3. The fraction of sp³-hybridized carbons (Fsp3) is 0. The van der Waals surface area contributed by atoms with E-state index >= 15 is 0 Å². The van der Waals surface area contributed by atoms with E-state index in [1.165, 1.54) is 32.3 Å². The Balaban J connectivity index is 1.19. The summed E-state index contributed by atoms with van der Waals surface area (Å²) >= 11 is 0. The summed E-state index contributed by atoms with van der Waals surface area (Å²) in [7, 11) is 0. The monoisotopic (exact) mass is 575 g/mol. The van der Waals surface area contributed by atoms with E-state index in [1.807, 2.05) is 24.3 Å². The number of benzene rings is 8. The Kier molecular flexibility index (Phi) is 5.00. The maximum atomic E-state index is 6.33. The summed E-state index contributed by atoms with van der Waals surface area (Å²) in [5, 5.41) is 11.8. The minimum atomic E-state index is 0.877. The molecular formula is C42H25NO2. The minimum Gasteiger partial charge on any atom is -0.456 e. The van der Waals surface area contributed by atoms with E-state index in [9.17, 15) is 0 Å². The third-order valence-corrected chi connectivity index (χ3v) is 9.19. The number of anilines is 3. The number of furan rings is 2. The van der Waals surface area contributed by atoms with Gasteiger partial charge in [0, 0.05) is 44.7 Å². The third kappa shape index (κ3) is 3.71. The van der Waals surface area contributed by atoms with Gasteiger partial charge in [0.1, 0.15) is 22.3 Å². The van der Waals surface area contributed by atoms with E-state index in [-0.39, 0.29) is 0 Å². The summed E-state index contributed by atoms with van der Waals surface area (Å²) < 4.78 is 12.5. The summed E-state index contributed by atoms with van der Waals surface area (Å²) in [6.45, 7) is 0. The largest absolute Gasteiger partial charge is 0.456 e. The number of nitrogens with zero attached hydrogens (tertiary/aromatic N) is 1. The van der Waals surface area contributed by atoms with Gasteiger partial charge in [-0.05, 0) is 93.0 Å². The van der Waals surface area contributed by atoms with Gasteiger partial charge >= 0.3 is 0 Å². The molecule has 0 saturated heterocycles. The Morgan fingerprint density at radius 3 is 1.58 bits per heavy atom. The highest BCUT2D eigenvalue weighted by Crippen LogP contribution is 2.42. The van der Waals surface area contributed by atoms with Gasteiger partial charge in [-0.25, -0.2) is 0 Å². The van der Waals surface area contributed by atoms with Crippen LogP contribution in [0.15, 0.2) is 160 Å². The summed E-state index contributed by atoms with van der Waals surface area (Å²) in [6, 6.07) is 53.9. The molecule has 0 fully saturated rings. The molecule has 3 nitrogen and oxygen atoms in total. The van der Waals surface area contributed by atoms with E-state index in [4.69, 9.17) is 8.83 Å². The molecule has 0 aliphatic rings. The van der Waals surface area contributed by atoms with Gasteiger partial charge in [-0.1, -0.05) is 84.9 Å². The van der Waals surface area contributed by atoms with Gasteiger partial charge in [-0.15, -0.1) is 0 Å². The van der Waals surface area contributed by atoms with Crippen LogP contribution in [0.2, 0.25) is 0 Å². The smallest absolute Gasteiger partial charge is 0.137 e. The normalized spacial score (nSPS) is 12.0. The zero-order valence-corrected chi connectivity index (χ0v) is 24.2. The molecule has 0 atom stereocenters. The molecule has 8 aromatic carbocycles. The van der Waals surface area contributed by atoms with Gasteiger partial charge in [-0.3, -0.25) is 0 Å². The molecule has 2 heterocycles. The average Bonchev–Trinajstić information content (AvgIpc) is 3.64. The van der Waals surface area contributed by atoms with Crippen LogP contribution in [0.5, 0.6) is 0 Å². The van der Waals surface area contributed by atoms with E-state index in [0.29, 0.717) is 0 Å². The minimum absolute atomic E-state index is 0.877. The second-order valence-electron chi connectivity index (χ2n) is 11.8. The van der Waals surface area contributed by atoms with Crippen LogP contribution in [0, 0.1) is 0 Å². The number of fused-ring (bicyclic) bond motifs is 10. The fourth-order valence-corrected chi connectivity index (χ4v) is 7.03. The second kappa shape index (κ2) is 9.22. The van der Waals surface area contributed by atoms with Gasteiger partial charge in [0.05, 0.1) is 0 Å². The molecule has 10 rings (SSSR count). The van der Waals surface area contributed by atoms with Crippen LogP contribution in [0.1, 0.15) is 0 Å². The van der Waals surface area contributed by atoms with Crippen LogP contribution < -0.4 is 4.90 Å². The van der Waals surface area contributed by atoms with Crippen molar-refractivity contribution in [2.75, 3.05) is 4.90 Å². The number of para-hydroxylation sites is 2. The Hall–Kier alpha value is -6.06. The molecule has 10 aromatic rings. The molecule has 3 heteroatoms. The molecule has 0 aliphatic heterocycles. The van der Waals surface area contributed by atoms with Crippen molar-refractivity contribution in [1.82, 2.24) is 0 Å². The van der Waals surface area contributed by atoms with Gasteiger partial charge in [0.15, 0.2) is 0 Å². The third-order valence-electron chi connectivity index (χ3n) is 9.19. The molecule has 2 aromatic heterocycles. The van der Waals surface area contributed by atoms with Gasteiger partial charge in [0.25, 0.3) is 0 Å². The Bertz CT molecular complexity index is 2780. The van der Waals surface area contributed by atoms with Crippen molar-refractivity contribution < 1.29 is 8.83 Å². The first-order chi connectivity index (χ1) is 22.3. The van der Waals surface area contributed by atoms with Gasteiger partial charge < -0.3 is 13.7 Å². The average molecular weight is 576 g/mol. The summed E-state index contributed by atoms with van der Waals surface area (Å²) in [4.78, 5) is 2.33. The first kappa shape index (κ1) is 24.4. The topological polar surface area (TPSA) is 29.5 Å². The summed E-state index contributed by atoms with van der Waals surface area (Å²) in [5.41, 5.74) is 6.84. The van der Waals surface area contributed by atoms with Crippen LogP contribution in [-0.2, 0) is 0 Å². The molecule has 0 bridgehead atoms. The van der Waals surface area contributed by atoms with Crippen LogP contribution >= 0.6 is 0 Å². The number of rotatable bonds is 3. The fourth-order valence-electron chi connectivity index (χ4n) is 7.03. The lowest BCUT2D eigenvalue weighted by atomic mass is 9.99. The van der Waals surface area contributed by atoms with Crippen molar-refractivity contribution in [3.63, 3.8) is 0 Å². The Morgan fingerprint density at radius 2 is 0.800 bits per heavy atom. The molecule has 0 N–H and O–H groups in total. The quantitative estimate of drug-likeness (QED) is 0.196. The van der Waals surface area contributed by atoms with E-state index in [0.717, 1.165) is 60.9 Å². The summed E-state index contributed by atoms with van der Waals surface area (Å²) in [6.07, 6.45) is 0. The van der Waals surface area contributed by atoms with E-state index in [1.54, 1.807) is 0 Å². The highest BCUT2D eigenvalue weighted by Gasteiger charge is 2.17. The first-order valence-electron chi connectivity index (χ1n) is 15.2. The molecule has 0 spiro atoms. The second-order valence-corrected chi connectivity index (χ2v) is 11.8. The van der Waals surface area contributed by atoms with Crippen molar-refractivity contribution in [2.45, 2.75) is 0 Å². The molecule has 0 saturated carbocycles. The van der Waals surface area contributed by atoms with Crippen LogP contribution in [-0.4, -0.2) is 0 Å². The van der Waals surface area contributed by atoms with Crippen LogP contribution in [0.25, 0.3) is 76.2 Å². The lowest BCUT2D eigenvalue weighted by Crippen LogP contribution is -2.09. The molecule has 0 amide bonds. The molecule has 0 aliphatic carbocycles. The Morgan fingerprint density at radius 1 is 0.289 bits per heavy atom. The van der Waals surface area contributed by atoms with Crippen molar-refractivity contribution in [2.24, 2.45) is 0 Å². The van der Waals surface area contributed by atoms with Crippen LogP contribution in [0.4, 0.5) is 17.1 Å². The predicted octanol–water partition coefficient (Wildman–Crippen LogP) is 12.4. The van der Waals surface area contributed by atoms with Crippen molar-refractivity contribution in [3.05, 3.63) is 152 Å². The number of hydrogen-bond acceptors (Lipinski definition) is 3. The maximum absolute atomic E-state index is 6.33. The standard InChI is InChI=1S/C42H25NO2/c1-2-8-27-21-30(16-15-26(27)7-1)43(32-18-20-36-34-9-3-5-11-39(34)45-42(36)24-32)31-17-19-33-28(22-31)13-14-29-23-41-38(25-37(29)33)35-10-4-6-12-40(35)44-41/h1-25H. The summed E-state index contributed by atoms with van der Waals surface area (Å²) in [5.74, 6) is 0. The molecular weight excluding hydrogens is 550 g/mol. The molecule has 45 heavy (non-hydrogen) atoms. The van der Waals surface area contributed by atoms with Crippen molar-refractivity contribution in [1.29, 1.82) is 0 Å². The molecule has 0 radical (unpaired) electrons. The lowest BCUT2D eigenvalue weighted by Gasteiger charge is -2.26. The zero-order chi connectivity index (χ0) is 29.5. The SMILES string of the molecule is c1ccc2cc(N(c3ccc4c(ccc5cc6oc7ccccc7c6cc54)c3)c3ccc4c(c3)oc3ccccc34)ccc2c1. The zero-order valence-electron chi connectivity index (χ0n) is 24.2. The molecule has 0 unspecified atom stereocenters.